The molecule has 0 aliphatic heterocycles. The summed E-state index contributed by atoms with van der Waals surface area (Å²) < 4.78 is 34.5. The first-order valence-corrected chi connectivity index (χ1v) is 16.6. The molecule has 0 bridgehead atoms. The molecule has 10 nitrogen and oxygen atoms in total. The standard InChI is InChI=1S/C28H31N3O7S3/c1-17(2)16-38-20-11-9-18(10-12-20)25-21(13-29-41(4,36)37)24-26(34)30(15-23(32)33)28(35)31(27(24)40-25)14-19-7-5-6-8-22(19)39-3/h5-12,17,29H,13-16H2,1-4H3,(H,32,33). The molecule has 0 fully saturated rings. The summed E-state index contributed by atoms with van der Waals surface area (Å²) in [6.07, 6.45) is 2.93. The fourth-order valence-corrected chi connectivity index (χ4v) is 6.63. The Morgan fingerprint density at radius 1 is 1.10 bits per heavy atom. The van der Waals surface area contributed by atoms with Crippen LogP contribution < -0.4 is 20.7 Å². The minimum absolute atomic E-state index is 0.0904. The first-order chi connectivity index (χ1) is 19.4. The van der Waals surface area contributed by atoms with Gasteiger partial charge in [0.05, 0.1) is 24.8 Å². The normalized spacial score (nSPS) is 11.8. The monoisotopic (exact) mass is 617 g/mol. The summed E-state index contributed by atoms with van der Waals surface area (Å²) in [5.74, 6) is -0.344. The molecule has 0 amide bonds. The molecule has 0 saturated carbocycles. The van der Waals surface area contributed by atoms with E-state index in [1.165, 1.54) is 27.7 Å². The summed E-state index contributed by atoms with van der Waals surface area (Å²) >= 11 is 2.69. The Hall–Kier alpha value is -3.39. The van der Waals surface area contributed by atoms with Crippen LogP contribution in [0.1, 0.15) is 25.0 Å². The Bertz CT molecular complexity index is 1800. The van der Waals surface area contributed by atoms with Gasteiger partial charge in [-0.15, -0.1) is 23.1 Å². The third-order valence-electron chi connectivity index (χ3n) is 6.18. The Morgan fingerprint density at radius 2 is 1.78 bits per heavy atom. The summed E-state index contributed by atoms with van der Waals surface area (Å²) in [6, 6.07) is 14.7. The van der Waals surface area contributed by atoms with E-state index in [0.717, 1.165) is 16.7 Å². The van der Waals surface area contributed by atoms with Crippen molar-refractivity contribution in [1.82, 2.24) is 13.9 Å². The van der Waals surface area contributed by atoms with Crippen LogP contribution in [-0.4, -0.2) is 47.7 Å². The molecule has 4 aromatic rings. The van der Waals surface area contributed by atoms with Gasteiger partial charge in [-0.2, -0.15) is 0 Å². The lowest BCUT2D eigenvalue weighted by molar-refractivity contribution is -0.137. The summed E-state index contributed by atoms with van der Waals surface area (Å²) in [5, 5.41) is 9.61. The van der Waals surface area contributed by atoms with E-state index in [-0.39, 0.29) is 18.5 Å². The van der Waals surface area contributed by atoms with Crippen molar-refractivity contribution < 1.29 is 23.1 Å². The average Bonchev–Trinajstić information content (AvgIpc) is 3.30. The second kappa shape index (κ2) is 12.6. The number of rotatable bonds is 12. The Balaban J connectivity index is 2.00. The fraction of sp³-hybridized carbons (Fsp3) is 0.321. The number of hydrogen-bond acceptors (Lipinski definition) is 8. The number of benzene rings is 2. The molecule has 4 rings (SSSR count). The van der Waals surface area contributed by atoms with Crippen LogP contribution in [0.4, 0.5) is 0 Å². The maximum absolute atomic E-state index is 13.7. The molecule has 2 aromatic heterocycles. The molecule has 13 heteroatoms. The molecule has 0 radical (unpaired) electrons. The van der Waals surface area contributed by atoms with Crippen molar-refractivity contribution in [1.29, 1.82) is 0 Å². The first kappa shape index (κ1) is 30.6. The number of fused-ring (bicyclic) bond motifs is 1. The molecule has 0 unspecified atom stereocenters. The maximum Gasteiger partial charge on any atom is 0.332 e. The number of nitrogens with zero attached hydrogens (tertiary/aromatic N) is 2. The lowest BCUT2D eigenvalue weighted by atomic mass is 10.1. The van der Waals surface area contributed by atoms with Crippen LogP contribution >= 0.6 is 23.1 Å². The number of carboxylic acids is 1. The number of hydrogen-bond donors (Lipinski definition) is 2. The average molecular weight is 618 g/mol. The minimum Gasteiger partial charge on any atom is -0.493 e. The highest BCUT2D eigenvalue weighted by atomic mass is 32.2. The Labute approximate surface area is 245 Å². The van der Waals surface area contributed by atoms with Gasteiger partial charge in [-0.3, -0.25) is 14.2 Å². The highest BCUT2D eigenvalue weighted by Gasteiger charge is 2.25. The first-order valence-electron chi connectivity index (χ1n) is 12.7. The van der Waals surface area contributed by atoms with Gasteiger partial charge in [0.1, 0.15) is 17.1 Å². The van der Waals surface area contributed by atoms with Crippen molar-refractivity contribution in [2.45, 2.75) is 38.4 Å². The van der Waals surface area contributed by atoms with E-state index in [1.54, 1.807) is 12.1 Å². The Kier molecular flexibility index (Phi) is 9.42. The summed E-state index contributed by atoms with van der Waals surface area (Å²) in [5.41, 5.74) is 0.338. The zero-order valence-corrected chi connectivity index (χ0v) is 25.5. The van der Waals surface area contributed by atoms with Gasteiger partial charge in [0.15, 0.2) is 0 Å². The molecule has 0 atom stereocenters. The third kappa shape index (κ3) is 7.10. The van der Waals surface area contributed by atoms with Gasteiger partial charge in [-0.1, -0.05) is 32.0 Å². The van der Waals surface area contributed by atoms with Crippen LogP contribution in [0.5, 0.6) is 5.75 Å². The predicted octanol–water partition coefficient (Wildman–Crippen LogP) is 3.83. The summed E-state index contributed by atoms with van der Waals surface area (Å²) in [7, 11) is -3.65. The molecule has 2 N–H and O–H groups in total. The van der Waals surface area contributed by atoms with Crippen LogP contribution in [0.3, 0.4) is 0 Å². The van der Waals surface area contributed by atoms with Gasteiger partial charge in [-0.25, -0.2) is 22.5 Å². The second-order valence-corrected chi connectivity index (χ2v) is 13.6. The van der Waals surface area contributed by atoms with Gasteiger partial charge in [-0.05, 0) is 53.6 Å². The molecule has 2 heterocycles. The molecule has 218 valence electrons. The van der Waals surface area contributed by atoms with Gasteiger partial charge in [0.25, 0.3) is 5.56 Å². The Morgan fingerprint density at radius 3 is 2.39 bits per heavy atom. The van der Waals surface area contributed by atoms with Gasteiger partial charge < -0.3 is 9.84 Å². The largest absolute Gasteiger partial charge is 0.493 e. The number of ether oxygens (including phenoxy) is 1. The highest BCUT2D eigenvalue weighted by Crippen LogP contribution is 2.38. The van der Waals surface area contributed by atoms with Gasteiger partial charge in [0.2, 0.25) is 10.0 Å². The van der Waals surface area contributed by atoms with Crippen molar-refractivity contribution >= 4 is 49.3 Å². The highest BCUT2D eigenvalue weighted by molar-refractivity contribution is 7.98. The number of nitrogens with one attached hydrogen (secondary N) is 1. The number of aliphatic carboxylic acids is 1. The van der Waals surface area contributed by atoms with Gasteiger partial charge in [0, 0.05) is 21.9 Å². The number of carboxylic acid groups (broad SMARTS) is 1. The van der Waals surface area contributed by atoms with E-state index < -0.39 is 33.8 Å². The molecule has 41 heavy (non-hydrogen) atoms. The van der Waals surface area contributed by atoms with Crippen LogP contribution in [0, 0.1) is 5.92 Å². The lowest BCUT2D eigenvalue weighted by Crippen LogP contribution is -2.41. The molecular weight excluding hydrogens is 587 g/mol. The number of thioether (sulfide) groups is 1. The van der Waals surface area contributed by atoms with Crippen molar-refractivity contribution in [3.63, 3.8) is 0 Å². The quantitative estimate of drug-likeness (QED) is 0.229. The number of sulfonamides is 1. The summed E-state index contributed by atoms with van der Waals surface area (Å²) in [6.45, 7) is 3.67. The molecule has 0 spiro atoms. The van der Waals surface area contributed by atoms with Crippen molar-refractivity contribution in [2.24, 2.45) is 5.92 Å². The van der Waals surface area contributed by atoms with E-state index in [0.29, 0.717) is 43.7 Å². The third-order valence-corrected chi connectivity index (χ3v) is 8.99. The van der Waals surface area contributed by atoms with E-state index in [9.17, 15) is 27.9 Å². The summed E-state index contributed by atoms with van der Waals surface area (Å²) in [4.78, 5) is 40.8. The minimum atomic E-state index is -3.65. The van der Waals surface area contributed by atoms with Crippen molar-refractivity contribution in [3.05, 3.63) is 80.5 Å². The molecule has 0 aliphatic carbocycles. The molecular formula is C28H31N3O7S3. The number of thiophene rings is 1. The smallest absolute Gasteiger partial charge is 0.332 e. The van der Waals surface area contributed by atoms with E-state index in [1.807, 2.05) is 56.5 Å². The zero-order chi connectivity index (χ0) is 29.9. The van der Waals surface area contributed by atoms with Crippen LogP contribution in [0.15, 0.2) is 63.0 Å². The second-order valence-electron chi connectivity index (χ2n) is 9.88. The molecule has 2 aromatic carbocycles. The van der Waals surface area contributed by atoms with E-state index >= 15 is 0 Å². The zero-order valence-electron chi connectivity index (χ0n) is 23.0. The van der Waals surface area contributed by atoms with E-state index in [4.69, 9.17) is 4.74 Å². The molecule has 0 saturated heterocycles. The van der Waals surface area contributed by atoms with Crippen molar-refractivity contribution in [2.75, 3.05) is 19.1 Å². The van der Waals surface area contributed by atoms with Gasteiger partial charge >= 0.3 is 11.7 Å². The van der Waals surface area contributed by atoms with E-state index in [2.05, 4.69) is 4.72 Å². The van der Waals surface area contributed by atoms with Crippen LogP contribution in [-0.2, 0) is 34.5 Å². The maximum atomic E-state index is 13.7. The lowest BCUT2D eigenvalue weighted by Gasteiger charge is -2.13. The fourth-order valence-electron chi connectivity index (χ4n) is 4.31. The predicted molar refractivity (Wildman–Crippen MR) is 163 cm³/mol. The SMILES string of the molecule is CSc1ccccc1Cn1c(=O)n(CC(=O)O)c(=O)c2c(CNS(C)(=O)=O)c(-c3ccc(OCC(C)C)cc3)sc21. The van der Waals surface area contributed by atoms with Crippen LogP contribution in [0.25, 0.3) is 20.7 Å². The number of aromatic nitrogens is 2. The van der Waals surface area contributed by atoms with Crippen molar-refractivity contribution in [3.8, 4) is 16.2 Å². The van der Waals surface area contributed by atoms with Crippen LogP contribution in [0.2, 0.25) is 0 Å². The topological polar surface area (TPSA) is 137 Å². The number of carbonyl (C=O) groups is 1. The molecule has 0 aliphatic rings.